The molecule has 1 aromatic carbocycles. The second-order valence-corrected chi connectivity index (χ2v) is 11.0. The van der Waals surface area contributed by atoms with Crippen LogP contribution in [0.4, 0.5) is 5.69 Å². The number of benzene rings is 1. The molecule has 0 N–H and O–H groups in total. The third-order valence-electron chi connectivity index (χ3n) is 7.05. The van der Waals surface area contributed by atoms with Gasteiger partial charge in [0.2, 0.25) is 10.0 Å². The molecular formula is C22H33N3O5S. The molecule has 8 nitrogen and oxygen atoms in total. The first kappa shape index (κ1) is 22.4. The lowest BCUT2D eigenvalue weighted by Crippen LogP contribution is -2.47. The molecule has 3 fully saturated rings. The zero-order chi connectivity index (χ0) is 22.1. The van der Waals surface area contributed by atoms with Gasteiger partial charge in [0.25, 0.3) is 0 Å². The van der Waals surface area contributed by atoms with Crippen molar-refractivity contribution in [1.82, 2.24) is 9.21 Å². The summed E-state index contributed by atoms with van der Waals surface area (Å²) in [5.41, 5.74) is 0.728. The van der Waals surface area contributed by atoms with Gasteiger partial charge in [-0.3, -0.25) is 9.69 Å². The molecule has 3 aliphatic heterocycles. The summed E-state index contributed by atoms with van der Waals surface area (Å²) in [7, 11) is -1.52. The third-order valence-corrected chi connectivity index (χ3v) is 8.35. The van der Waals surface area contributed by atoms with Crippen LogP contribution in [0.25, 0.3) is 0 Å². The van der Waals surface area contributed by atoms with Gasteiger partial charge in [-0.25, -0.2) is 12.7 Å². The third kappa shape index (κ3) is 4.99. The average molecular weight is 452 g/mol. The van der Waals surface area contributed by atoms with Crippen molar-refractivity contribution < 1.29 is 22.7 Å². The number of methoxy groups -OCH3 is 1. The first-order valence-electron chi connectivity index (χ1n) is 11.1. The number of carbonyl (C=O) groups excluding carboxylic acids is 1. The number of esters is 1. The van der Waals surface area contributed by atoms with Crippen molar-refractivity contribution >= 4 is 21.7 Å². The molecule has 9 heteroatoms. The van der Waals surface area contributed by atoms with Gasteiger partial charge in [0.15, 0.2) is 0 Å². The number of anilines is 1. The topological polar surface area (TPSA) is 79.4 Å². The van der Waals surface area contributed by atoms with Crippen LogP contribution in [-0.2, 0) is 19.6 Å². The highest BCUT2D eigenvalue weighted by molar-refractivity contribution is 7.88. The number of rotatable bonds is 6. The Labute approximate surface area is 185 Å². The molecule has 1 atom stereocenters. The Morgan fingerprint density at radius 1 is 1.06 bits per heavy atom. The van der Waals surface area contributed by atoms with E-state index in [1.54, 1.807) is 7.11 Å². The Morgan fingerprint density at radius 2 is 1.71 bits per heavy atom. The molecular weight excluding hydrogens is 418 g/mol. The Morgan fingerprint density at radius 3 is 2.29 bits per heavy atom. The van der Waals surface area contributed by atoms with E-state index < -0.39 is 15.4 Å². The minimum absolute atomic E-state index is 0.0584. The Hall–Kier alpha value is -1.84. The van der Waals surface area contributed by atoms with E-state index in [0.717, 1.165) is 51.3 Å². The highest BCUT2D eigenvalue weighted by Gasteiger charge is 2.51. The summed E-state index contributed by atoms with van der Waals surface area (Å²) >= 11 is 0. The molecule has 1 spiro atoms. The molecule has 3 aliphatic rings. The fraction of sp³-hybridized carbons (Fsp3) is 0.682. The lowest BCUT2D eigenvalue weighted by molar-refractivity contribution is -0.150. The Bertz CT molecular complexity index is 873. The van der Waals surface area contributed by atoms with E-state index in [2.05, 4.69) is 21.9 Å². The molecule has 0 radical (unpaired) electrons. The van der Waals surface area contributed by atoms with Crippen LogP contribution in [0.2, 0.25) is 0 Å². The lowest BCUT2D eigenvalue weighted by Gasteiger charge is -2.36. The van der Waals surface area contributed by atoms with Crippen molar-refractivity contribution in [2.75, 3.05) is 64.1 Å². The van der Waals surface area contributed by atoms with Crippen molar-refractivity contribution in [2.45, 2.75) is 31.8 Å². The highest BCUT2D eigenvalue weighted by Crippen LogP contribution is 2.44. The molecule has 172 valence electrons. The molecule has 0 amide bonds. The minimum Gasteiger partial charge on any atom is -0.497 e. The molecule has 3 saturated heterocycles. The van der Waals surface area contributed by atoms with Gasteiger partial charge in [0.1, 0.15) is 11.9 Å². The van der Waals surface area contributed by atoms with Crippen LogP contribution in [0.3, 0.4) is 0 Å². The van der Waals surface area contributed by atoms with E-state index in [9.17, 15) is 13.2 Å². The molecule has 0 bridgehead atoms. The summed E-state index contributed by atoms with van der Waals surface area (Å²) in [6, 6.07) is 8.18. The van der Waals surface area contributed by atoms with E-state index in [1.165, 1.54) is 16.2 Å². The van der Waals surface area contributed by atoms with E-state index in [1.807, 2.05) is 12.1 Å². The largest absolute Gasteiger partial charge is 0.497 e. The smallest absolute Gasteiger partial charge is 0.312 e. The van der Waals surface area contributed by atoms with Crippen LogP contribution in [0, 0.1) is 5.41 Å². The number of nitrogens with zero attached hydrogens (tertiary/aromatic N) is 3. The van der Waals surface area contributed by atoms with Gasteiger partial charge in [-0.15, -0.1) is 0 Å². The van der Waals surface area contributed by atoms with Gasteiger partial charge in [0.05, 0.1) is 18.8 Å². The van der Waals surface area contributed by atoms with Crippen LogP contribution >= 0.6 is 0 Å². The maximum absolute atomic E-state index is 12.6. The molecule has 1 aromatic rings. The number of piperidine rings is 1. The summed E-state index contributed by atoms with van der Waals surface area (Å²) in [6.07, 6.45) is 3.86. The normalized spacial score (nSPS) is 25.0. The number of cyclic esters (lactones) is 1. The van der Waals surface area contributed by atoms with Crippen LogP contribution in [0.1, 0.15) is 25.7 Å². The maximum atomic E-state index is 12.6. The van der Waals surface area contributed by atoms with Gasteiger partial charge in [-0.05, 0) is 43.5 Å². The standard InChI is InChI=1S/C22H33N3O5S/c1-29-19-5-3-18(4-6-19)24-15-13-23(14-16-24)10-7-20-17-22(21(26)30-20)8-11-25(12-9-22)31(2,27)28/h3-6,20H,7-17H2,1-2H3/t20-/m1/s1. The van der Waals surface area contributed by atoms with Crippen molar-refractivity contribution in [2.24, 2.45) is 5.41 Å². The summed E-state index contributed by atoms with van der Waals surface area (Å²) in [5.74, 6) is 0.739. The average Bonchev–Trinajstić information content (AvgIpc) is 3.07. The molecule has 0 aliphatic carbocycles. The first-order chi connectivity index (χ1) is 14.8. The quantitative estimate of drug-likeness (QED) is 0.608. The Balaban J connectivity index is 1.22. The maximum Gasteiger partial charge on any atom is 0.312 e. The van der Waals surface area contributed by atoms with E-state index >= 15 is 0 Å². The van der Waals surface area contributed by atoms with Crippen molar-refractivity contribution in [3.8, 4) is 5.75 Å². The van der Waals surface area contributed by atoms with E-state index in [4.69, 9.17) is 9.47 Å². The summed E-state index contributed by atoms with van der Waals surface area (Å²) in [6.45, 7) is 5.66. The highest BCUT2D eigenvalue weighted by atomic mass is 32.2. The van der Waals surface area contributed by atoms with Gasteiger partial charge in [-0.2, -0.15) is 0 Å². The molecule has 0 unspecified atom stereocenters. The molecule has 31 heavy (non-hydrogen) atoms. The molecule has 3 heterocycles. The van der Waals surface area contributed by atoms with Crippen molar-refractivity contribution in [3.05, 3.63) is 24.3 Å². The van der Waals surface area contributed by atoms with Gasteiger partial charge < -0.3 is 14.4 Å². The summed E-state index contributed by atoms with van der Waals surface area (Å²) < 4.78 is 35.9. The van der Waals surface area contributed by atoms with Crippen LogP contribution < -0.4 is 9.64 Å². The predicted molar refractivity (Wildman–Crippen MR) is 119 cm³/mol. The van der Waals surface area contributed by atoms with Gasteiger partial charge >= 0.3 is 5.97 Å². The predicted octanol–water partition coefficient (Wildman–Crippen LogP) is 1.56. The second kappa shape index (κ2) is 8.96. The van der Waals surface area contributed by atoms with Gasteiger partial charge in [0, 0.05) is 57.9 Å². The number of sulfonamides is 1. The van der Waals surface area contributed by atoms with Crippen molar-refractivity contribution in [1.29, 1.82) is 0 Å². The minimum atomic E-state index is -3.19. The zero-order valence-electron chi connectivity index (χ0n) is 18.5. The molecule has 0 saturated carbocycles. The summed E-state index contributed by atoms with van der Waals surface area (Å²) in [4.78, 5) is 17.4. The van der Waals surface area contributed by atoms with Crippen LogP contribution in [0.15, 0.2) is 24.3 Å². The fourth-order valence-corrected chi connectivity index (χ4v) is 5.85. The number of carbonyl (C=O) groups is 1. The fourth-order valence-electron chi connectivity index (χ4n) is 5.00. The number of ether oxygens (including phenoxy) is 2. The second-order valence-electron chi connectivity index (χ2n) is 8.99. The number of hydrogen-bond acceptors (Lipinski definition) is 7. The summed E-state index contributed by atoms with van der Waals surface area (Å²) in [5, 5.41) is 0. The van der Waals surface area contributed by atoms with E-state index in [-0.39, 0.29) is 12.1 Å². The SMILES string of the molecule is COc1ccc(N2CCN(CC[C@@H]3CC4(CCN(S(C)(=O)=O)CC4)C(=O)O3)CC2)cc1. The van der Waals surface area contributed by atoms with Crippen LogP contribution in [-0.4, -0.2) is 88.9 Å². The Kier molecular flexibility index (Phi) is 6.46. The number of piperazine rings is 1. The monoisotopic (exact) mass is 451 g/mol. The van der Waals surface area contributed by atoms with Crippen LogP contribution in [0.5, 0.6) is 5.75 Å². The van der Waals surface area contributed by atoms with Gasteiger partial charge in [-0.1, -0.05) is 0 Å². The lowest BCUT2D eigenvalue weighted by atomic mass is 9.76. The molecule has 0 aromatic heterocycles. The molecule has 4 rings (SSSR count). The van der Waals surface area contributed by atoms with E-state index in [0.29, 0.717) is 25.9 Å². The zero-order valence-corrected chi connectivity index (χ0v) is 19.3. The number of hydrogen-bond donors (Lipinski definition) is 0. The van der Waals surface area contributed by atoms with Crippen molar-refractivity contribution in [3.63, 3.8) is 0 Å². The first-order valence-corrected chi connectivity index (χ1v) is 12.9.